The highest BCUT2D eigenvalue weighted by atomic mass is 19.1. The number of alkyl halides is 1. The normalized spacial score (nSPS) is 26.6. The molecule has 1 fully saturated rings. The van der Waals surface area contributed by atoms with E-state index >= 15 is 0 Å². The van der Waals surface area contributed by atoms with E-state index in [0.29, 0.717) is 0 Å². The first kappa shape index (κ1) is 14.0. The minimum Gasteiger partial charge on any atom is -0.317 e. The molecule has 1 saturated heterocycles. The Morgan fingerprint density at radius 1 is 1.00 bits per heavy atom. The van der Waals surface area contributed by atoms with Gasteiger partial charge in [0.05, 0.1) is 0 Å². The van der Waals surface area contributed by atoms with Gasteiger partial charge in [0, 0.05) is 0 Å². The summed E-state index contributed by atoms with van der Waals surface area (Å²) in [5.41, 5.74) is -0.853. The Bertz CT molecular complexity index is 162. The van der Waals surface area contributed by atoms with E-state index in [2.05, 4.69) is 12.2 Å². The first-order valence-electron chi connectivity index (χ1n) is 7.16. The Morgan fingerprint density at radius 3 is 2.56 bits per heavy atom. The molecule has 16 heavy (non-hydrogen) atoms. The molecule has 0 aromatic carbocycles. The van der Waals surface area contributed by atoms with Crippen molar-refractivity contribution in [2.45, 2.75) is 76.8 Å². The summed E-state index contributed by atoms with van der Waals surface area (Å²) in [6, 6.07) is 0. The van der Waals surface area contributed by atoms with Crippen LogP contribution in [0.25, 0.3) is 0 Å². The first-order valence-corrected chi connectivity index (χ1v) is 7.16. The van der Waals surface area contributed by atoms with Crippen molar-refractivity contribution in [3.63, 3.8) is 0 Å². The van der Waals surface area contributed by atoms with Gasteiger partial charge in [-0.15, -0.1) is 0 Å². The van der Waals surface area contributed by atoms with Gasteiger partial charge in [0.2, 0.25) is 0 Å². The minimum absolute atomic E-state index is 0.724. The van der Waals surface area contributed by atoms with Crippen LogP contribution in [-0.4, -0.2) is 18.8 Å². The summed E-state index contributed by atoms with van der Waals surface area (Å²) in [6.07, 6.45) is 10.9. The summed E-state index contributed by atoms with van der Waals surface area (Å²) in [5.74, 6) is 0. The van der Waals surface area contributed by atoms with Crippen molar-refractivity contribution in [3.05, 3.63) is 0 Å². The zero-order valence-electron chi connectivity index (χ0n) is 10.9. The molecule has 0 aliphatic carbocycles. The van der Waals surface area contributed by atoms with Crippen molar-refractivity contribution in [1.82, 2.24) is 5.32 Å². The molecule has 1 atom stereocenters. The summed E-state index contributed by atoms with van der Waals surface area (Å²) in [7, 11) is 0. The van der Waals surface area contributed by atoms with E-state index in [0.717, 1.165) is 45.2 Å². The zero-order valence-corrected chi connectivity index (χ0v) is 10.9. The lowest BCUT2D eigenvalue weighted by molar-refractivity contribution is 0.127. The van der Waals surface area contributed by atoms with Gasteiger partial charge in [-0.25, -0.2) is 4.39 Å². The lowest BCUT2D eigenvalue weighted by atomic mass is 9.90. The zero-order chi connectivity index (χ0) is 11.7. The molecular weight excluding hydrogens is 201 g/mol. The van der Waals surface area contributed by atoms with Gasteiger partial charge in [0.1, 0.15) is 5.67 Å². The quantitative estimate of drug-likeness (QED) is 0.645. The van der Waals surface area contributed by atoms with Gasteiger partial charge < -0.3 is 5.32 Å². The molecule has 0 bridgehead atoms. The van der Waals surface area contributed by atoms with Gasteiger partial charge in [-0.05, 0) is 38.8 Å². The van der Waals surface area contributed by atoms with Gasteiger partial charge in [0.15, 0.2) is 0 Å². The van der Waals surface area contributed by atoms with Gasteiger partial charge in [-0.2, -0.15) is 0 Å². The van der Waals surface area contributed by atoms with Crippen LogP contribution in [0.4, 0.5) is 4.39 Å². The van der Waals surface area contributed by atoms with Crippen LogP contribution < -0.4 is 5.32 Å². The smallest absolute Gasteiger partial charge is 0.112 e. The van der Waals surface area contributed by atoms with Crippen LogP contribution in [0, 0.1) is 0 Å². The van der Waals surface area contributed by atoms with Gasteiger partial charge in [0.25, 0.3) is 0 Å². The van der Waals surface area contributed by atoms with E-state index in [9.17, 15) is 4.39 Å². The lowest BCUT2D eigenvalue weighted by Crippen LogP contribution is -2.24. The monoisotopic (exact) mass is 229 g/mol. The Kier molecular flexibility index (Phi) is 7.02. The number of halogens is 1. The molecule has 1 rings (SSSR count). The highest BCUT2D eigenvalue weighted by Crippen LogP contribution is 2.30. The van der Waals surface area contributed by atoms with Gasteiger partial charge in [-0.3, -0.25) is 0 Å². The van der Waals surface area contributed by atoms with Crippen LogP contribution in [0.3, 0.4) is 0 Å². The van der Waals surface area contributed by atoms with Crippen LogP contribution in [0.5, 0.6) is 0 Å². The third-order valence-electron chi connectivity index (χ3n) is 3.71. The molecule has 0 aromatic rings. The fraction of sp³-hybridized carbons (Fsp3) is 1.00. The van der Waals surface area contributed by atoms with Gasteiger partial charge in [-0.1, -0.05) is 45.4 Å². The number of hydrogen-bond donors (Lipinski definition) is 1. The van der Waals surface area contributed by atoms with Crippen molar-refractivity contribution < 1.29 is 4.39 Å². The second kappa shape index (κ2) is 8.05. The van der Waals surface area contributed by atoms with E-state index in [1.54, 1.807) is 0 Å². The average molecular weight is 229 g/mol. The van der Waals surface area contributed by atoms with Crippen molar-refractivity contribution in [1.29, 1.82) is 0 Å². The lowest BCUT2D eigenvalue weighted by Gasteiger charge is -2.23. The standard InChI is InChI=1S/C14H28FN/c1-2-3-4-5-6-7-9-14(15)10-8-12-16-13-11-14/h16H,2-13H2,1H3. The predicted octanol–water partition coefficient (Wildman–Crippen LogP) is 4.22. The van der Waals surface area contributed by atoms with Crippen LogP contribution in [0.1, 0.15) is 71.1 Å². The fourth-order valence-corrected chi connectivity index (χ4v) is 2.56. The Hall–Kier alpha value is -0.110. The predicted molar refractivity (Wildman–Crippen MR) is 68.6 cm³/mol. The van der Waals surface area contributed by atoms with Crippen molar-refractivity contribution in [2.75, 3.05) is 13.1 Å². The molecule has 1 nitrogen and oxygen atoms in total. The van der Waals surface area contributed by atoms with E-state index in [-0.39, 0.29) is 0 Å². The maximum Gasteiger partial charge on any atom is 0.112 e. The average Bonchev–Trinajstić information content (AvgIpc) is 2.49. The fourth-order valence-electron chi connectivity index (χ4n) is 2.56. The third kappa shape index (κ3) is 5.83. The minimum atomic E-state index is -0.853. The summed E-state index contributed by atoms with van der Waals surface area (Å²) in [4.78, 5) is 0. The molecule has 0 aromatic heterocycles. The van der Waals surface area contributed by atoms with Crippen LogP contribution in [0.2, 0.25) is 0 Å². The molecule has 0 radical (unpaired) electrons. The second-order valence-corrected chi connectivity index (χ2v) is 5.27. The maximum atomic E-state index is 14.4. The third-order valence-corrected chi connectivity index (χ3v) is 3.71. The van der Waals surface area contributed by atoms with Crippen LogP contribution in [0.15, 0.2) is 0 Å². The van der Waals surface area contributed by atoms with Gasteiger partial charge >= 0.3 is 0 Å². The topological polar surface area (TPSA) is 12.0 Å². The maximum absolute atomic E-state index is 14.4. The van der Waals surface area contributed by atoms with E-state index in [4.69, 9.17) is 0 Å². The van der Waals surface area contributed by atoms with Crippen LogP contribution in [-0.2, 0) is 0 Å². The Balaban J connectivity index is 2.05. The molecule has 0 amide bonds. The van der Waals surface area contributed by atoms with Crippen LogP contribution >= 0.6 is 0 Å². The number of unbranched alkanes of at least 4 members (excludes halogenated alkanes) is 5. The molecular formula is C14H28FN. The largest absolute Gasteiger partial charge is 0.317 e. The molecule has 96 valence electrons. The number of nitrogens with one attached hydrogen (secondary N) is 1. The van der Waals surface area contributed by atoms with E-state index in [1.165, 1.54) is 32.1 Å². The van der Waals surface area contributed by atoms with Crippen molar-refractivity contribution in [2.24, 2.45) is 0 Å². The highest BCUT2D eigenvalue weighted by molar-refractivity contribution is 4.82. The Morgan fingerprint density at radius 2 is 1.75 bits per heavy atom. The second-order valence-electron chi connectivity index (χ2n) is 5.27. The molecule has 1 N–H and O–H groups in total. The Labute approximate surface area is 100 Å². The number of hydrogen-bond acceptors (Lipinski definition) is 1. The molecule has 1 heterocycles. The molecule has 1 aliphatic heterocycles. The molecule has 2 heteroatoms. The van der Waals surface area contributed by atoms with Crippen molar-refractivity contribution in [3.8, 4) is 0 Å². The highest BCUT2D eigenvalue weighted by Gasteiger charge is 2.29. The molecule has 0 spiro atoms. The summed E-state index contributed by atoms with van der Waals surface area (Å²) >= 11 is 0. The summed E-state index contributed by atoms with van der Waals surface area (Å²) in [6.45, 7) is 4.10. The van der Waals surface area contributed by atoms with E-state index < -0.39 is 5.67 Å². The summed E-state index contributed by atoms with van der Waals surface area (Å²) in [5, 5.41) is 3.28. The molecule has 0 saturated carbocycles. The van der Waals surface area contributed by atoms with E-state index in [1.807, 2.05) is 0 Å². The SMILES string of the molecule is CCCCCCCCC1(F)CCCNCC1. The van der Waals surface area contributed by atoms with Crippen molar-refractivity contribution >= 4 is 0 Å². The first-order chi connectivity index (χ1) is 7.77. The molecule has 1 aliphatic rings. The summed E-state index contributed by atoms with van der Waals surface area (Å²) < 4.78 is 14.4. The number of rotatable bonds is 7. The molecule has 1 unspecified atom stereocenters.